The van der Waals surface area contributed by atoms with Crippen LogP contribution in [0.1, 0.15) is 11.1 Å². The van der Waals surface area contributed by atoms with Crippen LogP contribution in [0.2, 0.25) is 0 Å². The van der Waals surface area contributed by atoms with Gasteiger partial charge in [-0.1, -0.05) is 36.4 Å². The van der Waals surface area contributed by atoms with Crippen molar-refractivity contribution in [1.29, 1.82) is 0 Å². The smallest absolute Gasteiger partial charge is 0.323 e. The van der Waals surface area contributed by atoms with Crippen LogP contribution < -0.4 is 16.4 Å². The van der Waals surface area contributed by atoms with Crippen LogP contribution in [0.4, 0.5) is 22.0 Å². The van der Waals surface area contributed by atoms with Crippen molar-refractivity contribution in [1.82, 2.24) is 9.88 Å². The van der Waals surface area contributed by atoms with E-state index in [2.05, 4.69) is 38.0 Å². The SMILES string of the molecule is Cc1cccc(NC(=O)Nc2ccc(-c3csc4c(/C=C/CN(C)C)cnc(N)c34)cc2)c1. The number of amides is 2. The summed E-state index contributed by atoms with van der Waals surface area (Å²) in [6.07, 6.45) is 6.03. The van der Waals surface area contributed by atoms with Crippen molar-refractivity contribution in [2.24, 2.45) is 0 Å². The van der Waals surface area contributed by atoms with E-state index in [1.54, 1.807) is 11.3 Å². The zero-order valence-electron chi connectivity index (χ0n) is 18.9. The number of benzene rings is 2. The number of hydrogen-bond donors (Lipinski definition) is 3. The lowest BCUT2D eigenvalue weighted by atomic mass is 10.0. The standard InChI is InChI=1S/C26H27N5OS/c1-17-6-4-8-21(14-17)30-26(32)29-20-11-9-18(10-12-20)22-16-33-24-19(7-5-13-31(2)3)15-28-25(27)23(22)24/h4-12,14-16H,13H2,1-3H3,(H2,27,28)(H2,29,30,32)/b7-5+. The number of thiophene rings is 1. The molecular weight excluding hydrogens is 430 g/mol. The molecule has 4 aromatic rings. The van der Waals surface area contributed by atoms with Crippen molar-refractivity contribution < 1.29 is 4.79 Å². The summed E-state index contributed by atoms with van der Waals surface area (Å²) in [5.74, 6) is 0.519. The lowest BCUT2D eigenvalue weighted by molar-refractivity contribution is 0.262. The van der Waals surface area contributed by atoms with Gasteiger partial charge in [-0.2, -0.15) is 0 Å². The topological polar surface area (TPSA) is 83.3 Å². The molecule has 2 aromatic carbocycles. The van der Waals surface area contributed by atoms with E-state index in [0.717, 1.165) is 44.6 Å². The average Bonchev–Trinajstić information content (AvgIpc) is 3.22. The number of anilines is 3. The first kappa shape index (κ1) is 22.5. The van der Waals surface area contributed by atoms with Gasteiger partial charge in [-0.05, 0) is 61.8 Å². The molecule has 0 fully saturated rings. The maximum Gasteiger partial charge on any atom is 0.323 e. The van der Waals surface area contributed by atoms with Gasteiger partial charge in [0.1, 0.15) is 5.82 Å². The van der Waals surface area contributed by atoms with Crippen LogP contribution in [0.3, 0.4) is 0 Å². The first-order valence-corrected chi connectivity index (χ1v) is 11.5. The summed E-state index contributed by atoms with van der Waals surface area (Å²) in [6, 6.07) is 15.1. The first-order chi connectivity index (χ1) is 15.9. The number of rotatable bonds is 6. The van der Waals surface area contributed by atoms with Crippen LogP contribution in [0.25, 0.3) is 27.3 Å². The molecule has 0 saturated carbocycles. The highest BCUT2D eigenvalue weighted by atomic mass is 32.1. The summed E-state index contributed by atoms with van der Waals surface area (Å²) in [5.41, 5.74) is 11.9. The number of aromatic nitrogens is 1. The normalized spacial score (nSPS) is 11.4. The van der Waals surface area contributed by atoms with Crippen molar-refractivity contribution in [3.8, 4) is 11.1 Å². The minimum Gasteiger partial charge on any atom is -0.383 e. The second kappa shape index (κ2) is 9.85. The second-order valence-electron chi connectivity index (χ2n) is 8.14. The molecule has 0 spiro atoms. The van der Waals surface area contributed by atoms with Crippen LogP contribution in [-0.2, 0) is 0 Å². The van der Waals surface area contributed by atoms with Gasteiger partial charge >= 0.3 is 6.03 Å². The molecule has 0 atom stereocenters. The highest BCUT2D eigenvalue weighted by molar-refractivity contribution is 7.18. The largest absolute Gasteiger partial charge is 0.383 e. The summed E-state index contributed by atoms with van der Waals surface area (Å²) in [4.78, 5) is 18.9. The summed E-state index contributed by atoms with van der Waals surface area (Å²) >= 11 is 1.66. The molecule has 168 valence electrons. The van der Waals surface area contributed by atoms with E-state index in [0.29, 0.717) is 11.5 Å². The minimum atomic E-state index is -0.281. The van der Waals surface area contributed by atoms with E-state index in [-0.39, 0.29) is 6.03 Å². The average molecular weight is 458 g/mol. The molecule has 0 saturated heterocycles. The molecule has 0 aliphatic heterocycles. The Kier molecular flexibility index (Phi) is 6.72. The van der Waals surface area contributed by atoms with Gasteiger partial charge < -0.3 is 21.3 Å². The number of urea groups is 1. The predicted octanol–water partition coefficient (Wildman–Crippen LogP) is 6.07. The van der Waals surface area contributed by atoms with Crippen molar-refractivity contribution >= 4 is 50.7 Å². The van der Waals surface area contributed by atoms with Crippen molar-refractivity contribution in [3.05, 3.63) is 77.3 Å². The number of carbonyl (C=O) groups excluding carboxylic acids is 1. The van der Waals surface area contributed by atoms with Crippen molar-refractivity contribution in [2.45, 2.75) is 6.92 Å². The third-order valence-corrected chi connectivity index (χ3v) is 6.18. The molecule has 4 N–H and O–H groups in total. The monoisotopic (exact) mass is 457 g/mol. The Hall–Kier alpha value is -3.68. The first-order valence-electron chi connectivity index (χ1n) is 10.6. The molecule has 33 heavy (non-hydrogen) atoms. The molecule has 0 radical (unpaired) electrons. The molecule has 4 rings (SSSR count). The van der Waals surface area contributed by atoms with E-state index in [1.807, 2.05) is 75.7 Å². The third-order valence-electron chi connectivity index (χ3n) is 5.15. The van der Waals surface area contributed by atoms with E-state index in [9.17, 15) is 4.79 Å². The molecule has 0 aliphatic rings. The Bertz CT molecular complexity index is 1310. The molecule has 0 aliphatic carbocycles. The van der Waals surface area contributed by atoms with Gasteiger partial charge in [-0.25, -0.2) is 9.78 Å². The maximum absolute atomic E-state index is 12.3. The van der Waals surface area contributed by atoms with Crippen molar-refractivity contribution in [2.75, 3.05) is 37.0 Å². The Balaban J connectivity index is 1.53. The van der Waals surface area contributed by atoms with Crippen LogP contribution in [0.15, 0.2) is 66.2 Å². The fourth-order valence-corrected chi connectivity index (χ4v) is 4.64. The van der Waals surface area contributed by atoms with E-state index < -0.39 is 0 Å². The number of aryl methyl sites for hydroxylation is 1. The van der Waals surface area contributed by atoms with Gasteiger partial charge in [0.2, 0.25) is 0 Å². The van der Waals surface area contributed by atoms with Crippen LogP contribution >= 0.6 is 11.3 Å². The van der Waals surface area contributed by atoms with Crippen LogP contribution in [0, 0.1) is 6.92 Å². The Morgan fingerprint density at radius 1 is 1.12 bits per heavy atom. The van der Waals surface area contributed by atoms with Gasteiger partial charge in [-0.3, -0.25) is 0 Å². The molecule has 7 heteroatoms. The van der Waals surface area contributed by atoms with E-state index >= 15 is 0 Å². The fourth-order valence-electron chi connectivity index (χ4n) is 3.56. The molecule has 6 nitrogen and oxygen atoms in total. The van der Waals surface area contributed by atoms with E-state index in [1.165, 1.54) is 0 Å². The molecule has 2 amide bonds. The number of nitrogen functional groups attached to an aromatic ring is 1. The summed E-state index contributed by atoms with van der Waals surface area (Å²) < 4.78 is 1.12. The quantitative estimate of drug-likeness (QED) is 0.328. The minimum absolute atomic E-state index is 0.281. The Morgan fingerprint density at radius 3 is 2.61 bits per heavy atom. The van der Waals surface area contributed by atoms with Gasteiger partial charge in [0, 0.05) is 45.3 Å². The zero-order valence-corrected chi connectivity index (χ0v) is 19.7. The Morgan fingerprint density at radius 2 is 1.88 bits per heavy atom. The molecular formula is C26H27N5OS. The molecule has 0 unspecified atom stereocenters. The lowest BCUT2D eigenvalue weighted by Gasteiger charge is -2.09. The summed E-state index contributed by atoms with van der Waals surface area (Å²) in [7, 11) is 4.07. The number of fused-ring (bicyclic) bond motifs is 1. The van der Waals surface area contributed by atoms with Crippen LogP contribution in [-0.4, -0.2) is 36.6 Å². The number of pyridine rings is 1. The fraction of sp³-hybridized carbons (Fsp3) is 0.154. The number of nitrogens with one attached hydrogen (secondary N) is 2. The molecule has 2 heterocycles. The van der Waals surface area contributed by atoms with Crippen LogP contribution in [0.5, 0.6) is 0 Å². The third kappa shape index (κ3) is 5.39. The van der Waals surface area contributed by atoms with Gasteiger partial charge in [0.25, 0.3) is 0 Å². The second-order valence-corrected chi connectivity index (χ2v) is 9.02. The number of likely N-dealkylation sites (N-methyl/N-ethyl adjacent to an activating group) is 1. The predicted molar refractivity (Wildman–Crippen MR) is 141 cm³/mol. The van der Waals surface area contributed by atoms with Gasteiger partial charge in [0.05, 0.1) is 0 Å². The lowest BCUT2D eigenvalue weighted by Crippen LogP contribution is -2.19. The summed E-state index contributed by atoms with van der Waals surface area (Å²) in [6.45, 7) is 2.84. The molecule has 2 aromatic heterocycles. The van der Waals surface area contributed by atoms with Gasteiger partial charge in [-0.15, -0.1) is 11.3 Å². The van der Waals surface area contributed by atoms with Crippen molar-refractivity contribution in [3.63, 3.8) is 0 Å². The number of nitrogens with zero attached hydrogens (tertiary/aromatic N) is 2. The van der Waals surface area contributed by atoms with E-state index in [4.69, 9.17) is 5.73 Å². The maximum atomic E-state index is 12.3. The zero-order chi connectivity index (χ0) is 23.4. The number of nitrogens with two attached hydrogens (primary N) is 1. The highest BCUT2D eigenvalue weighted by Gasteiger charge is 2.13. The summed E-state index contributed by atoms with van der Waals surface area (Å²) in [5, 5.41) is 8.80. The number of carbonyl (C=O) groups is 1. The van der Waals surface area contributed by atoms with Gasteiger partial charge in [0.15, 0.2) is 0 Å². The molecule has 0 bridgehead atoms. The highest BCUT2D eigenvalue weighted by Crippen LogP contribution is 2.39. The number of hydrogen-bond acceptors (Lipinski definition) is 5. The Labute approximate surface area is 197 Å².